The lowest BCUT2D eigenvalue weighted by Crippen LogP contribution is -2.20. The molecule has 0 radical (unpaired) electrons. The monoisotopic (exact) mass is 196 g/mol. The van der Waals surface area contributed by atoms with Crippen LogP contribution in [-0.2, 0) is 0 Å². The summed E-state index contributed by atoms with van der Waals surface area (Å²) in [5.41, 5.74) is 5.79. The van der Waals surface area contributed by atoms with Crippen molar-refractivity contribution in [3.63, 3.8) is 0 Å². The first-order valence-corrected chi connectivity index (χ1v) is 4.55. The van der Waals surface area contributed by atoms with E-state index in [1.165, 1.54) is 11.3 Å². The SMILES string of the molecule is Cc1nc2sccn2c1NC(N)=O. The highest BCUT2D eigenvalue weighted by Gasteiger charge is 2.09. The molecule has 0 fully saturated rings. The molecule has 0 spiro atoms. The number of urea groups is 1. The minimum atomic E-state index is -0.573. The Balaban J connectivity index is 2.57. The van der Waals surface area contributed by atoms with Crippen LogP contribution in [0.3, 0.4) is 0 Å². The zero-order chi connectivity index (χ0) is 9.42. The molecule has 2 amide bonds. The van der Waals surface area contributed by atoms with Gasteiger partial charge in [-0.05, 0) is 6.92 Å². The molecule has 3 N–H and O–H groups in total. The van der Waals surface area contributed by atoms with Crippen LogP contribution < -0.4 is 11.1 Å². The lowest BCUT2D eigenvalue weighted by molar-refractivity contribution is 0.259. The number of amides is 2. The number of hydrogen-bond acceptors (Lipinski definition) is 3. The van der Waals surface area contributed by atoms with Crippen LogP contribution in [0.2, 0.25) is 0 Å². The maximum atomic E-state index is 10.7. The Hall–Kier alpha value is -1.56. The number of nitrogens with two attached hydrogens (primary N) is 1. The van der Waals surface area contributed by atoms with E-state index >= 15 is 0 Å². The second-order valence-electron chi connectivity index (χ2n) is 2.59. The molecule has 0 bridgehead atoms. The Kier molecular flexibility index (Phi) is 1.70. The predicted octanol–water partition coefficient (Wildman–Crippen LogP) is 1.19. The molecular formula is C7H8N4OS. The van der Waals surface area contributed by atoms with Crippen LogP contribution in [0.15, 0.2) is 11.6 Å². The van der Waals surface area contributed by atoms with Crippen molar-refractivity contribution in [2.24, 2.45) is 5.73 Å². The molecule has 2 aromatic heterocycles. The van der Waals surface area contributed by atoms with Crippen LogP contribution in [0.1, 0.15) is 5.69 Å². The largest absolute Gasteiger partial charge is 0.351 e. The van der Waals surface area contributed by atoms with Crippen molar-refractivity contribution in [2.75, 3.05) is 5.32 Å². The van der Waals surface area contributed by atoms with Crippen molar-refractivity contribution < 1.29 is 4.79 Å². The first-order chi connectivity index (χ1) is 6.18. The van der Waals surface area contributed by atoms with E-state index < -0.39 is 6.03 Å². The minimum absolute atomic E-state index is 0.573. The minimum Gasteiger partial charge on any atom is -0.351 e. The van der Waals surface area contributed by atoms with Crippen molar-refractivity contribution in [3.05, 3.63) is 17.3 Å². The summed E-state index contributed by atoms with van der Waals surface area (Å²) in [6.45, 7) is 1.82. The maximum absolute atomic E-state index is 10.7. The van der Waals surface area contributed by atoms with Crippen LogP contribution in [0.25, 0.3) is 4.96 Å². The molecule has 68 valence electrons. The fourth-order valence-corrected chi connectivity index (χ4v) is 1.92. The van der Waals surface area contributed by atoms with E-state index in [-0.39, 0.29) is 0 Å². The molecule has 13 heavy (non-hydrogen) atoms. The molecular weight excluding hydrogens is 188 g/mol. The first-order valence-electron chi connectivity index (χ1n) is 3.67. The smallest absolute Gasteiger partial charge is 0.317 e. The quantitative estimate of drug-likeness (QED) is 0.719. The number of carbonyl (C=O) groups excluding carboxylic acids is 1. The van der Waals surface area contributed by atoms with E-state index in [1.807, 2.05) is 18.5 Å². The topological polar surface area (TPSA) is 72.4 Å². The van der Waals surface area contributed by atoms with E-state index in [0.29, 0.717) is 5.82 Å². The zero-order valence-electron chi connectivity index (χ0n) is 6.94. The number of aromatic nitrogens is 2. The van der Waals surface area contributed by atoms with Gasteiger partial charge in [-0.2, -0.15) is 0 Å². The van der Waals surface area contributed by atoms with Gasteiger partial charge in [0, 0.05) is 11.6 Å². The van der Waals surface area contributed by atoms with Crippen molar-refractivity contribution in [3.8, 4) is 0 Å². The highest BCUT2D eigenvalue weighted by molar-refractivity contribution is 7.15. The third kappa shape index (κ3) is 1.25. The summed E-state index contributed by atoms with van der Waals surface area (Å²) >= 11 is 1.51. The Labute approximate surface area is 78.2 Å². The number of aryl methyl sites for hydroxylation is 1. The number of anilines is 1. The van der Waals surface area contributed by atoms with Gasteiger partial charge in [-0.15, -0.1) is 11.3 Å². The Morgan fingerprint density at radius 2 is 2.54 bits per heavy atom. The van der Waals surface area contributed by atoms with Crippen LogP contribution >= 0.6 is 11.3 Å². The molecule has 0 atom stereocenters. The van der Waals surface area contributed by atoms with Crippen molar-refractivity contribution >= 4 is 28.1 Å². The molecule has 0 saturated heterocycles. The molecule has 0 aliphatic rings. The molecule has 0 saturated carbocycles. The third-order valence-corrected chi connectivity index (χ3v) is 2.43. The Morgan fingerprint density at radius 3 is 3.23 bits per heavy atom. The van der Waals surface area contributed by atoms with E-state index in [2.05, 4.69) is 10.3 Å². The van der Waals surface area contributed by atoms with E-state index in [9.17, 15) is 4.79 Å². The number of nitrogens with one attached hydrogen (secondary N) is 1. The summed E-state index contributed by atoms with van der Waals surface area (Å²) in [6.07, 6.45) is 1.84. The molecule has 5 nitrogen and oxygen atoms in total. The molecule has 2 heterocycles. The van der Waals surface area contributed by atoms with Gasteiger partial charge in [0.15, 0.2) is 4.96 Å². The zero-order valence-corrected chi connectivity index (χ0v) is 7.76. The summed E-state index contributed by atoms with van der Waals surface area (Å²) in [4.78, 5) is 15.7. The molecule has 0 aromatic carbocycles. The number of thiazole rings is 1. The van der Waals surface area contributed by atoms with Crippen LogP contribution in [0.5, 0.6) is 0 Å². The van der Waals surface area contributed by atoms with E-state index in [0.717, 1.165) is 10.7 Å². The second-order valence-corrected chi connectivity index (χ2v) is 3.46. The average Bonchev–Trinajstić information content (AvgIpc) is 2.55. The number of hydrogen-bond donors (Lipinski definition) is 2. The van der Waals surface area contributed by atoms with Gasteiger partial charge < -0.3 is 5.73 Å². The fourth-order valence-electron chi connectivity index (χ4n) is 1.16. The van der Waals surface area contributed by atoms with E-state index in [1.54, 1.807) is 4.40 Å². The summed E-state index contributed by atoms with van der Waals surface area (Å²) in [5, 5.41) is 4.42. The van der Waals surface area contributed by atoms with Gasteiger partial charge in [0.1, 0.15) is 5.82 Å². The van der Waals surface area contributed by atoms with E-state index in [4.69, 9.17) is 5.73 Å². The molecule has 0 unspecified atom stereocenters. The van der Waals surface area contributed by atoms with Crippen molar-refractivity contribution in [1.29, 1.82) is 0 Å². The number of fused-ring (bicyclic) bond motifs is 1. The highest BCUT2D eigenvalue weighted by Crippen LogP contribution is 2.20. The highest BCUT2D eigenvalue weighted by atomic mass is 32.1. The fraction of sp³-hybridized carbons (Fsp3) is 0.143. The standard InChI is InChI=1S/C7H8N4OS/c1-4-5(10-6(8)12)11-2-3-13-7(11)9-4/h2-3H,1H3,(H3,8,10,12). The predicted molar refractivity (Wildman–Crippen MR) is 51.0 cm³/mol. The lowest BCUT2D eigenvalue weighted by Gasteiger charge is -1.99. The number of primary amides is 1. The first kappa shape index (κ1) is 8.06. The van der Waals surface area contributed by atoms with Crippen LogP contribution in [0, 0.1) is 6.92 Å². The third-order valence-electron chi connectivity index (χ3n) is 1.68. The van der Waals surface area contributed by atoms with Crippen LogP contribution in [-0.4, -0.2) is 15.4 Å². The van der Waals surface area contributed by atoms with Gasteiger partial charge in [-0.25, -0.2) is 9.78 Å². The maximum Gasteiger partial charge on any atom is 0.317 e. The second kappa shape index (κ2) is 2.74. The molecule has 2 rings (SSSR count). The van der Waals surface area contributed by atoms with Gasteiger partial charge in [0.05, 0.1) is 5.69 Å². The summed E-state index contributed by atoms with van der Waals surface area (Å²) in [7, 11) is 0. The van der Waals surface area contributed by atoms with Crippen molar-refractivity contribution in [2.45, 2.75) is 6.92 Å². The Morgan fingerprint density at radius 1 is 1.77 bits per heavy atom. The lowest BCUT2D eigenvalue weighted by atomic mass is 10.5. The van der Waals surface area contributed by atoms with Gasteiger partial charge in [-0.1, -0.05) is 0 Å². The van der Waals surface area contributed by atoms with Gasteiger partial charge in [0.2, 0.25) is 0 Å². The number of carbonyl (C=O) groups is 1. The number of nitrogens with zero attached hydrogens (tertiary/aromatic N) is 2. The number of imidazole rings is 1. The van der Waals surface area contributed by atoms with Gasteiger partial charge in [0.25, 0.3) is 0 Å². The normalized spacial score (nSPS) is 10.5. The van der Waals surface area contributed by atoms with Crippen LogP contribution in [0.4, 0.5) is 10.6 Å². The number of rotatable bonds is 1. The molecule has 2 aromatic rings. The summed E-state index contributed by atoms with van der Waals surface area (Å²) in [6, 6.07) is -0.573. The molecule has 6 heteroatoms. The summed E-state index contributed by atoms with van der Waals surface area (Å²) < 4.78 is 1.80. The summed E-state index contributed by atoms with van der Waals surface area (Å²) in [5.74, 6) is 0.642. The molecule has 0 aliphatic carbocycles. The average molecular weight is 196 g/mol. The molecule has 0 aliphatic heterocycles. The van der Waals surface area contributed by atoms with Gasteiger partial charge in [-0.3, -0.25) is 9.72 Å². The Bertz CT molecular complexity index is 458. The van der Waals surface area contributed by atoms with Gasteiger partial charge >= 0.3 is 6.03 Å². The van der Waals surface area contributed by atoms with Crippen molar-refractivity contribution in [1.82, 2.24) is 9.38 Å².